The van der Waals surface area contributed by atoms with Crippen molar-refractivity contribution in [2.75, 3.05) is 5.32 Å². The first-order valence-electron chi connectivity index (χ1n) is 6.83. The highest BCUT2D eigenvalue weighted by Gasteiger charge is 2.22. The number of anilines is 1. The van der Waals surface area contributed by atoms with Gasteiger partial charge in [-0.1, -0.05) is 13.8 Å². The van der Waals surface area contributed by atoms with Gasteiger partial charge in [-0.05, 0) is 36.6 Å². The van der Waals surface area contributed by atoms with Crippen LogP contribution in [0.4, 0.5) is 5.69 Å². The number of fused-ring (bicyclic) bond motifs is 1. The highest BCUT2D eigenvalue weighted by molar-refractivity contribution is 5.88. The van der Waals surface area contributed by atoms with Gasteiger partial charge >= 0.3 is 5.97 Å². The van der Waals surface area contributed by atoms with Crippen LogP contribution in [0, 0.1) is 0 Å². The molecule has 1 aromatic rings. The fourth-order valence-electron chi connectivity index (χ4n) is 2.06. The Morgan fingerprint density at radius 2 is 2.10 bits per heavy atom. The Labute approximate surface area is 118 Å². The number of rotatable bonds is 3. The van der Waals surface area contributed by atoms with E-state index < -0.39 is 5.97 Å². The van der Waals surface area contributed by atoms with Gasteiger partial charge in [-0.25, -0.2) is 0 Å². The Kier molecular flexibility index (Phi) is 6.03. The maximum absolute atomic E-state index is 10.9. The number of nitrogens with one attached hydrogen (secondary N) is 1. The summed E-state index contributed by atoms with van der Waals surface area (Å²) >= 11 is 0. The molecule has 0 spiro atoms. The second-order valence-electron chi connectivity index (χ2n) is 4.38. The molecular weight excluding hydrogens is 258 g/mol. The molecule has 1 atom stereocenters. The van der Waals surface area contributed by atoms with Crippen LogP contribution in [0.2, 0.25) is 0 Å². The van der Waals surface area contributed by atoms with E-state index in [-0.39, 0.29) is 18.4 Å². The summed E-state index contributed by atoms with van der Waals surface area (Å²) in [5.41, 5.74) is 1.74. The number of hydrogen-bond acceptors (Lipinski definition) is 3. The number of carboxylic acid groups (broad SMARTS) is 1. The molecule has 0 aliphatic carbocycles. The van der Waals surface area contributed by atoms with E-state index in [1.807, 2.05) is 19.9 Å². The van der Waals surface area contributed by atoms with Gasteiger partial charge < -0.3 is 15.2 Å². The van der Waals surface area contributed by atoms with Crippen molar-refractivity contribution in [1.82, 2.24) is 0 Å². The quantitative estimate of drug-likeness (QED) is 0.892. The number of hydrogen-bond donors (Lipinski definition) is 2. The molecule has 0 aromatic heterocycles. The average Bonchev–Trinajstić information content (AvgIpc) is 2.40. The summed E-state index contributed by atoms with van der Waals surface area (Å²) in [5, 5.41) is 11.4. The third-order valence-electron chi connectivity index (χ3n) is 2.81. The van der Waals surface area contributed by atoms with Crippen LogP contribution in [0.1, 0.15) is 39.2 Å². The molecule has 0 saturated heterocycles. The minimum absolute atomic E-state index is 0.0207. The predicted molar refractivity (Wildman–Crippen MR) is 77.1 cm³/mol. The summed E-state index contributed by atoms with van der Waals surface area (Å²) in [7, 11) is 0. The number of aryl methyl sites for hydroxylation is 1. The highest BCUT2D eigenvalue weighted by Crippen LogP contribution is 2.30. The van der Waals surface area contributed by atoms with E-state index >= 15 is 0 Å². The van der Waals surface area contributed by atoms with Crippen LogP contribution in [0.25, 0.3) is 0 Å². The molecule has 2 rings (SSSR count). The maximum atomic E-state index is 10.9. The van der Waals surface area contributed by atoms with Crippen LogP contribution < -0.4 is 10.1 Å². The number of aliphatic carboxylic acids is 1. The molecule has 1 aliphatic heterocycles. The zero-order valence-corrected chi connectivity index (χ0v) is 12.1. The summed E-state index contributed by atoms with van der Waals surface area (Å²) in [6, 6.07) is 5.39. The second-order valence-corrected chi connectivity index (χ2v) is 4.38. The van der Waals surface area contributed by atoms with Crippen LogP contribution in [0.3, 0.4) is 0 Å². The van der Waals surface area contributed by atoms with E-state index in [1.165, 1.54) is 6.92 Å². The topological polar surface area (TPSA) is 75.6 Å². The van der Waals surface area contributed by atoms with Gasteiger partial charge in [0.05, 0.1) is 6.42 Å². The first-order valence-corrected chi connectivity index (χ1v) is 6.83. The fraction of sp³-hybridized carbons (Fsp3) is 0.467. The molecule has 20 heavy (non-hydrogen) atoms. The number of benzene rings is 1. The number of carbonyl (C=O) groups is 2. The molecule has 1 aromatic carbocycles. The van der Waals surface area contributed by atoms with Gasteiger partial charge in [0, 0.05) is 12.6 Å². The molecule has 1 unspecified atom stereocenters. The van der Waals surface area contributed by atoms with E-state index in [0.29, 0.717) is 12.2 Å². The molecule has 5 nitrogen and oxygen atoms in total. The minimum Gasteiger partial charge on any atom is -0.490 e. The van der Waals surface area contributed by atoms with Gasteiger partial charge in [-0.3, -0.25) is 9.59 Å². The van der Waals surface area contributed by atoms with Crippen LogP contribution >= 0.6 is 0 Å². The third kappa shape index (κ3) is 4.57. The molecule has 0 fully saturated rings. The van der Waals surface area contributed by atoms with Gasteiger partial charge in [-0.15, -0.1) is 0 Å². The predicted octanol–water partition coefficient (Wildman–Crippen LogP) is 2.84. The molecule has 5 heteroatoms. The number of carboxylic acids is 1. The molecule has 110 valence electrons. The number of carbonyl (C=O) groups excluding carboxylic acids is 1. The van der Waals surface area contributed by atoms with Crippen molar-refractivity contribution in [2.24, 2.45) is 0 Å². The van der Waals surface area contributed by atoms with E-state index in [4.69, 9.17) is 9.84 Å². The van der Waals surface area contributed by atoms with Crippen molar-refractivity contribution in [3.05, 3.63) is 23.8 Å². The van der Waals surface area contributed by atoms with E-state index in [0.717, 1.165) is 17.7 Å². The lowest BCUT2D eigenvalue weighted by molar-refractivity contribution is -0.139. The second kappa shape index (κ2) is 7.53. The van der Waals surface area contributed by atoms with Crippen molar-refractivity contribution >= 4 is 17.6 Å². The molecule has 0 radical (unpaired) electrons. The minimum atomic E-state index is -0.849. The van der Waals surface area contributed by atoms with Crippen LogP contribution in [0.15, 0.2) is 18.2 Å². The zero-order chi connectivity index (χ0) is 15.1. The van der Waals surface area contributed by atoms with Crippen molar-refractivity contribution in [1.29, 1.82) is 0 Å². The first kappa shape index (κ1) is 16.0. The molecule has 2 N–H and O–H groups in total. The maximum Gasteiger partial charge on any atom is 0.307 e. The summed E-state index contributed by atoms with van der Waals surface area (Å²) in [6.45, 7) is 5.46. The van der Waals surface area contributed by atoms with Gasteiger partial charge in [0.25, 0.3) is 0 Å². The van der Waals surface area contributed by atoms with Gasteiger partial charge in [-0.2, -0.15) is 0 Å². The standard InChI is InChI=1S/C13H15NO4.C2H6/c1-8(15)14-10-3-5-12-9(6-10)2-4-11(18-12)7-13(16)17;1-2/h3,5-6,11H,2,4,7H2,1H3,(H,14,15)(H,16,17);1-2H3. The smallest absolute Gasteiger partial charge is 0.307 e. The molecule has 0 saturated carbocycles. The first-order chi connectivity index (χ1) is 9.54. The van der Waals surface area contributed by atoms with Crippen molar-refractivity contribution in [3.63, 3.8) is 0 Å². The summed E-state index contributed by atoms with van der Waals surface area (Å²) < 4.78 is 5.61. The van der Waals surface area contributed by atoms with Gasteiger partial charge in [0.1, 0.15) is 11.9 Å². The Bertz CT molecular complexity index is 485. The number of amides is 1. The van der Waals surface area contributed by atoms with Crippen molar-refractivity contribution in [2.45, 2.75) is 46.1 Å². The lowest BCUT2D eigenvalue weighted by atomic mass is 10.00. The van der Waals surface area contributed by atoms with E-state index in [2.05, 4.69) is 5.32 Å². The third-order valence-corrected chi connectivity index (χ3v) is 2.81. The Morgan fingerprint density at radius 1 is 1.40 bits per heavy atom. The Balaban J connectivity index is 0.000000956. The zero-order valence-electron chi connectivity index (χ0n) is 12.1. The Hall–Kier alpha value is -2.04. The summed E-state index contributed by atoms with van der Waals surface area (Å²) in [5.74, 6) is -0.254. The number of ether oxygens (including phenoxy) is 1. The Morgan fingerprint density at radius 3 is 2.70 bits per heavy atom. The van der Waals surface area contributed by atoms with Crippen LogP contribution in [-0.2, 0) is 16.0 Å². The highest BCUT2D eigenvalue weighted by atomic mass is 16.5. The van der Waals surface area contributed by atoms with E-state index in [1.54, 1.807) is 12.1 Å². The van der Waals surface area contributed by atoms with Gasteiger partial charge in [0.15, 0.2) is 0 Å². The normalized spacial score (nSPS) is 16.1. The lowest BCUT2D eigenvalue weighted by Gasteiger charge is -2.25. The summed E-state index contributed by atoms with van der Waals surface area (Å²) in [4.78, 5) is 21.6. The molecule has 0 bridgehead atoms. The molecular formula is C15H21NO4. The van der Waals surface area contributed by atoms with Crippen LogP contribution in [0.5, 0.6) is 5.75 Å². The van der Waals surface area contributed by atoms with E-state index in [9.17, 15) is 9.59 Å². The SMILES string of the molecule is CC.CC(=O)Nc1ccc2c(c1)CCC(CC(=O)O)O2. The van der Waals surface area contributed by atoms with Crippen LogP contribution in [-0.4, -0.2) is 23.1 Å². The van der Waals surface area contributed by atoms with Gasteiger partial charge in [0.2, 0.25) is 5.91 Å². The van der Waals surface area contributed by atoms with Crippen molar-refractivity contribution < 1.29 is 19.4 Å². The molecule has 1 amide bonds. The summed E-state index contributed by atoms with van der Waals surface area (Å²) in [6.07, 6.45) is 1.21. The molecule has 1 aliphatic rings. The van der Waals surface area contributed by atoms with Crippen molar-refractivity contribution in [3.8, 4) is 5.75 Å². The average molecular weight is 279 g/mol. The monoisotopic (exact) mass is 279 g/mol. The molecule has 1 heterocycles. The largest absolute Gasteiger partial charge is 0.490 e. The fourth-order valence-corrected chi connectivity index (χ4v) is 2.06. The lowest BCUT2D eigenvalue weighted by Crippen LogP contribution is -2.25.